The number of nitrogens with two attached hydrogens (primary N) is 2. The maximum atomic E-state index is 14.2. The molecule has 44 heavy (non-hydrogen) atoms. The molecule has 0 spiro atoms. The van der Waals surface area contributed by atoms with Crippen LogP contribution in [0.4, 0.5) is 0 Å². The maximum Gasteiger partial charge on any atom is 0.367 e. The van der Waals surface area contributed by atoms with E-state index >= 15 is 0 Å². The molecule has 1 unspecified atom stereocenters. The van der Waals surface area contributed by atoms with Crippen molar-refractivity contribution in [1.82, 2.24) is 9.88 Å². The monoisotopic (exact) mass is 628 g/mol. The lowest BCUT2D eigenvalue weighted by molar-refractivity contribution is -0.182. The van der Waals surface area contributed by atoms with E-state index in [-0.39, 0.29) is 22.9 Å². The quantitative estimate of drug-likeness (QED) is 0.184. The van der Waals surface area contributed by atoms with Gasteiger partial charge in [0.05, 0.1) is 22.3 Å². The van der Waals surface area contributed by atoms with Crippen molar-refractivity contribution in [2.75, 3.05) is 13.2 Å². The summed E-state index contributed by atoms with van der Waals surface area (Å²) in [6.07, 6.45) is -1.43. The number of esters is 1. The number of hydrogen-bond donors (Lipinski definition) is 2. The smallest absolute Gasteiger partial charge is 0.367 e. The van der Waals surface area contributed by atoms with Crippen molar-refractivity contribution in [1.29, 1.82) is 0 Å². The van der Waals surface area contributed by atoms with Crippen LogP contribution in [0.25, 0.3) is 10.2 Å². The summed E-state index contributed by atoms with van der Waals surface area (Å²) in [7, 11) is 0. The lowest BCUT2D eigenvalue weighted by Crippen LogP contribution is -2.56. The summed E-state index contributed by atoms with van der Waals surface area (Å²) in [5.41, 5.74) is 14.4. The molecule has 0 bridgehead atoms. The van der Waals surface area contributed by atoms with Crippen LogP contribution in [0.2, 0.25) is 0 Å². The van der Waals surface area contributed by atoms with Gasteiger partial charge in [0.2, 0.25) is 10.9 Å². The number of fused-ring (bicyclic) bond motifs is 1. The van der Waals surface area contributed by atoms with Crippen LogP contribution < -0.4 is 16.2 Å². The van der Waals surface area contributed by atoms with Gasteiger partial charge in [-0.15, -0.1) is 11.3 Å². The molecule has 3 atom stereocenters. The number of amides is 1. The van der Waals surface area contributed by atoms with Crippen LogP contribution >= 0.6 is 11.3 Å². The Labute approximate surface area is 265 Å². The highest BCUT2D eigenvalue weighted by Crippen LogP contribution is 2.32. The van der Waals surface area contributed by atoms with Crippen LogP contribution in [0.15, 0.2) is 42.5 Å². The van der Waals surface area contributed by atoms with Crippen molar-refractivity contribution in [2.45, 2.75) is 104 Å². The summed E-state index contributed by atoms with van der Waals surface area (Å²) in [6.45, 7) is 17.6. The summed E-state index contributed by atoms with van der Waals surface area (Å²) in [5, 5.41) is 0.206. The van der Waals surface area contributed by atoms with Crippen molar-refractivity contribution in [2.24, 2.45) is 11.5 Å². The van der Waals surface area contributed by atoms with Gasteiger partial charge in [0.25, 0.3) is 0 Å². The van der Waals surface area contributed by atoms with Gasteiger partial charge in [-0.2, -0.15) is 0 Å². The third-order valence-corrected chi connectivity index (χ3v) is 7.51. The third-order valence-electron chi connectivity index (χ3n) is 6.51. The molecular weight excluding hydrogens is 580 g/mol. The van der Waals surface area contributed by atoms with Gasteiger partial charge in [0, 0.05) is 18.8 Å². The summed E-state index contributed by atoms with van der Waals surface area (Å²) in [6, 6.07) is 11.5. The second kappa shape index (κ2) is 14.8. The number of carbonyl (C=O) groups excluding carboxylic acids is 2. The van der Waals surface area contributed by atoms with E-state index in [0.29, 0.717) is 24.3 Å². The predicted molar refractivity (Wildman–Crippen MR) is 174 cm³/mol. The Morgan fingerprint density at radius 2 is 1.55 bits per heavy atom. The molecule has 4 N–H and O–H groups in total. The molecule has 0 aliphatic rings. The van der Waals surface area contributed by atoms with E-state index in [0.717, 1.165) is 16.0 Å². The van der Waals surface area contributed by atoms with E-state index in [2.05, 4.69) is 4.98 Å². The Bertz CT molecular complexity index is 1390. The van der Waals surface area contributed by atoms with E-state index in [4.69, 9.17) is 30.4 Å². The van der Waals surface area contributed by atoms with Gasteiger partial charge >= 0.3 is 5.97 Å². The molecule has 1 amide bonds. The predicted octanol–water partition coefficient (Wildman–Crippen LogP) is 5.57. The van der Waals surface area contributed by atoms with Crippen LogP contribution in [-0.4, -0.2) is 64.5 Å². The molecule has 3 rings (SSSR count). The van der Waals surface area contributed by atoms with Gasteiger partial charge in [-0.3, -0.25) is 4.79 Å². The zero-order valence-electron chi connectivity index (χ0n) is 27.4. The standard InChI is InChI=1S/C33H48N4O6S/c1-10-40-31(41-11-2)20(3)37(29(38)24(34)19-21-15-17-22(18-16-21)42-32(4,5)6)27(35)23-13-12-14-25-26(23)36-28(44-25)30(39)43-33(7,8)9/h12-18,20,24,27,31H,10-11,19,34-35H2,1-9H3/t20-,24?,27-/m0/s1. The van der Waals surface area contributed by atoms with Crippen molar-refractivity contribution in [3.05, 3.63) is 58.6 Å². The fourth-order valence-electron chi connectivity index (χ4n) is 4.72. The second-order valence-electron chi connectivity index (χ2n) is 12.6. The first-order valence-corrected chi connectivity index (χ1v) is 15.8. The molecule has 0 aliphatic carbocycles. The summed E-state index contributed by atoms with van der Waals surface area (Å²) in [5.74, 6) is -0.158. The zero-order chi connectivity index (χ0) is 32.8. The lowest BCUT2D eigenvalue weighted by Gasteiger charge is -2.39. The normalized spacial score (nSPS) is 14.4. The number of benzene rings is 2. The van der Waals surface area contributed by atoms with E-state index in [9.17, 15) is 9.59 Å². The Kier molecular flexibility index (Phi) is 11.9. The van der Waals surface area contributed by atoms with Crippen LogP contribution in [0.1, 0.15) is 89.4 Å². The minimum Gasteiger partial charge on any atom is -0.488 e. The number of aromatic nitrogens is 1. The van der Waals surface area contributed by atoms with Gasteiger partial charge in [-0.1, -0.05) is 24.3 Å². The molecule has 10 nitrogen and oxygen atoms in total. The number of rotatable bonds is 13. The fraction of sp³-hybridized carbons (Fsp3) is 0.545. The zero-order valence-corrected chi connectivity index (χ0v) is 28.2. The maximum absolute atomic E-state index is 14.2. The first-order valence-electron chi connectivity index (χ1n) is 15.0. The van der Waals surface area contributed by atoms with Gasteiger partial charge in [-0.25, -0.2) is 9.78 Å². The Morgan fingerprint density at radius 3 is 2.09 bits per heavy atom. The average molecular weight is 629 g/mol. The van der Waals surface area contributed by atoms with Crippen LogP contribution in [-0.2, 0) is 25.4 Å². The number of carbonyl (C=O) groups is 2. The number of para-hydroxylation sites is 1. The molecule has 11 heteroatoms. The van der Waals surface area contributed by atoms with Crippen molar-refractivity contribution in [3.63, 3.8) is 0 Å². The fourth-order valence-corrected chi connectivity index (χ4v) is 5.60. The van der Waals surface area contributed by atoms with Crippen LogP contribution in [0.5, 0.6) is 5.75 Å². The Balaban J connectivity index is 1.97. The highest BCUT2D eigenvalue weighted by atomic mass is 32.1. The molecule has 0 saturated carbocycles. The molecule has 0 aliphatic heterocycles. The van der Waals surface area contributed by atoms with E-state index in [1.807, 2.05) is 77.9 Å². The molecule has 1 heterocycles. The largest absolute Gasteiger partial charge is 0.488 e. The Hall–Kier alpha value is -3.09. The topological polar surface area (TPSA) is 139 Å². The lowest BCUT2D eigenvalue weighted by atomic mass is 10.0. The van der Waals surface area contributed by atoms with Gasteiger partial charge in [0.15, 0.2) is 6.29 Å². The summed E-state index contributed by atoms with van der Waals surface area (Å²) >= 11 is 1.21. The number of ether oxygens (including phenoxy) is 4. The number of thiazole rings is 1. The van der Waals surface area contributed by atoms with Gasteiger partial charge in [-0.05, 0) is 92.5 Å². The van der Waals surface area contributed by atoms with Crippen molar-refractivity contribution in [3.8, 4) is 5.75 Å². The average Bonchev–Trinajstić information content (AvgIpc) is 3.37. The molecule has 0 fully saturated rings. The molecule has 0 saturated heterocycles. The molecule has 3 aromatic rings. The first-order chi connectivity index (χ1) is 20.5. The van der Waals surface area contributed by atoms with E-state index in [1.54, 1.807) is 26.8 Å². The first kappa shape index (κ1) is 35.4. The van der Waals surface area contributed by atoms with E-state index in [1.165, 1.54) is 16.2 Å². The Morgan fingerprint density at radius 1 is 0.932 bits per heavy atom. The van der Waals surface area contributed by atoms with Gasteiger partial charge < -0.3 is 35.3 Å². The number of nitrogens with zero attached hydrogens (tertiary/aromatic N) is 2. The molecule has 1 aromatic heterocycles. The molecule has 2 aromatic carbocycles. The third kappa shape index (κ3) is 9.45. The molecule has 242 valence electrons. The number of hydrogen-bond acceptors (Lipinski definition) is 10. The van der Waals surface area contributed by atoms with Crippen molar-refractivity contribution < 1.29 is 28.5 Å². The van der Waals surface area contributed by atoms with Gasteiger partial charge in [0.1, 0.15) is 23.1 Å². The molecular formula is C33H48N4O6S. The summed E-state index contributed by atoms with van der Waals surface area (Å²) in [4.78, 5) is 33.1. The highest BCUT2D eigenvalue weighted by molar-refractivity contribution is 7.20. The SMILES string of the molecule is CCOC(OCC)[C@H](C)N(C(=O)C(N)Cc1ccc(OC(C)(C)C)cc1)[C@H](N)c1cccc2sc(C(=O)OC(C)(C)C)nc12. The minimum absolute atomic E-state index is 0.206. The minimum atomic E-state index is -0.966. The highest BCUT2D eigenvalue weighted by Gasteiger charge is 2.36. The van der Waals surface area contributed by atoms with Crippen molar-refractivity contribution >= 4 is 33.4 Å². The summed E-state index contributed by atoms with van der Waals surface area (Å²) < 4.78 is 24.0. The second-order valence-corrected chi connectivity index (χ2v) is 13.6. The van der Waals surface area contributed by atoms with Crippen LogP contribution in [0.3, 0.4) is 0 Å². The van der Waals surface area contributed by atoms with Crippen LogP contribution in [0, 0.1) is 0 Å². The molecule has 0 radical (unpaired) electrons. The van der Waals surface area contributed by atoms with E-state index < -0.39 is 36.1 Å².